The zero-order valence-electron chi connectivity index (χ0n) is 10.9. The monoisotopic (exact) mass is 257 g/mol. The van der Waals surface area contributed by atoms with Crippen LogP contribution in [0.15, 0.2) is 0 Å². The molecule has 1 rings (SSSR count). The predicted molar refractivity (Wildman–Crippen MR) is 68.0 cm³/mol. The summed E-state index contributed by atoms with van der Waals surface area (Å²) in [7, 11) is 0. The van der Waals surface area contributed by atoms with Gasteiger partial charge >= 0.3 is 5.97 Å². The molecule has 0 spiro atoms. The Bertz CT molecular complexity index is 296. The van der Waals surface area contributed by atoms with Gasteiger partial charge in [0.25, 0.3) is 0 Å². The molecule has 0 aromatic heterocycles. The Morgan fingerprint density at radius 2 is 2.28 bits per heavy atom. The van der Waals surface area contributed by atoms with Crippen LogP contribution in [0.25, 0.3) is 0 Å². The van der Waals surface area contributed by atoms with Crippen molar-refractivity contribution >= 4 is 11.9 Å². The normalized spacial score (nSPS) is 22.6. The van der Waals surface area contributed by atoms with Crippen LogP contribution in [0.5, 0.6) is 0 Å². The zero-order valence-corrected chi connectivity index (χ0v) is 10.9. The van der Waals surface area contributed by atoms with Gasteiger partial charge in [0.2, 0.25) is 5.91 Å². The Balaban J connectivity index is 2.27. The van der Waals surface area contributed by atoms with E-state index in [1.807, 2.05) is 6.92 Å². The summed E-state index contributed by atoms with van der Waals surface area (Å²) < 4.78 is 0. The van der Waals surface area contributed by atoms with Gasteiger partial charge in [-0.3, -0.25) is 9.59 Å². The molecule has 2 unspecified atom stereocenters. The lowest BCUT2D eigenvalue weighted by Crippen LogP contribution is -2.43. The number of hydrogen-bond donors (Lipinski definition) is 3. The molecule has 1 amide bonds. The van der Waals surface area contributed by atoms with Gasteiger partial charge in [-0.05, 0) is 31.8 Å². The Labute approximate surface area is 108 Å². The van der Waals surface area contributed by atoms with E-state index in [9.17, 15) is 9.59 Å². The molecular formula is C12H23N3O3. The maximum atomic E-state index is 11.0. The highest BCUT2D eigenvalue weighted by atomic mass is 16.4. The van der Waals surface area contributed by atoms with Gasteiger partial charge in [0.05, 0.1) is 6.54 Å². The third-order valence-corrected chi connectivity index (χ3v) is 3.33. The first kappa shape index (κ1) is 14.9. The molecule has 104 valence electrons. The van der Waals surface area contributed by atoms with Crippen LogP contribution in [-0.4, -0.2) is 54.6 Å². The molecule has 4 N–H and O–H groups in total. The molecule has 0 saturated carbocycles. The van der Waals surface area contributed by atoms with Crippen molar-refractivity contribution in [3.63, 3.8) is 0 Å². The molecule has 0 aliphatic carbocycles. The Hall–Kier alpha value is -1.14. The summed E-state index contributed by atoms with van der Waals surface area (Å²) in [5, 5.41) is 11.5. The Morgan fingerprint density at radius 3 is 2.89 bits per heavy atom. The zero-order chi connectivity index (χ0) is 13.5. The summed E-state index contributed by atoms with van der Waals surface area (Å²) in [5.41, 5.74) is 5.26. The minimum atomic E-state index is -0.829. The summed E-state index contributed by atoms with van der Waals surface area (Å²) >= 11 is 0. The first-order valence-electron chi connectivity index (χ1n) is 6.43. The van der Waals surface area contributed by atoms with E-state index in [2.05, 4.69) is 10.2 Å². The maximum Gasteiger partial charge on any atom is 0.317 e. The molecule has 0 aromatic rings. The van der Waals surface area contributed by atoms with Gasteiger partial charge < -0.3 is 21.1 Å². The summed E-state index contributed by atoms with van der Waals surface area (Å²) in [6, 6.07) is 0. The summed E-state index contributed by atoms with van der Waals surface area (Å²) in [5.74, 6) is -0.764. The molecule has 1 fully saturated rings. The lowest BCUT2D eigenvalue weighted by Gasteiger charge is -2.33. The summed E-state index contributed by atoms with van der Waals surface area (Å²) in [4.78, 5) is 23.7. The minimum Gasteiger partial charge on any atom is -0.480 e. The number of nitrogens with zero attached hydrogens (tertiary/aromatic N) is 1. The van der Waals surface area contributed by atoms with Crippen molar-refractivity contribution in [2.24, 2.45) is 17.6 Å². The topological polar surface area (TPSA) is 95.7 Å². The number of carbonyl (C=O) groups is 2. The van der Waals surface area contributed by atoms with Gasteiger partial charge in [-0.15, -0.1) is 0 Å². The van der Waals surface area contributed by atoms with E-state index in [-0.39, 0.29) is 18.4 Å². The standard InChI is InChI=1S/C12H23N3O3/c1-9(12(13)18)7-15-4-2-3-10(8-15)5-14-6-11(16)17/h9-10,14H,2-8H2,1H3,(H2,13,18)(H,16,17). The molecule has 6 heteroatoms. The van der Waals surface area contributed by atoms with Crippen LogP contribution in [-0.2, 0) is 9.59 Å². The summed E-state index contributed by atoms with van der Waals surface area (Å²) in [6.45, 7) is 5.17. The number of amides is 1. The molecule has 1 aliphatic heterocycles. The lowest BCUT2D eigenvalue weighted by molar-refractivity contribution is -0.136. The molecule has 1 aliphatic rings. The average molecular weight is 257 g/mol. The van der Waals surface area contributed by atoms with Crippen LogP contribution < -0.4 is 11.1 Å². The van der Waals surface area contributed by atoms with Crippen molar-refractivity contribution in [1.29, 1.82) is 0 Å². The van der Waals surface area contributed by atoms with Gasteiger partial charge in [0.15, 0.2) is 0 Å². The van der Waals surface area contributed by atoms with E-state index in [1.165, 1.54) is 0 Å². The number of nitrogens with one attached hydrogen (secondary N) is 1. The molecule has 0 aromatic carbocycles. The first-order valence-corrected chi connectivity index (χ1v) is 6.43. The number of rotatable bonds is 7. The minimum absolute atomic E-state index is 0.00812. The van der Waals surface area contributed by atoms with Gasteiger partial charge in [0.1, 0.15) is 0 Å². The number of primary amides is 1. The highest BCUT2D eigenvalue weighted by Gasteiger charge is 2.22. The third-order valence-electron chi connectivity index (χ3n) is 3.33. The van der Waals surface area contributed by atoms with Crippen LogP contribution in [0, 0.1) is 11.8 Å². The number of hydrogen-bond acceptors (Lipinski definition) is 4. The fourth-order valence-electron chi connectivity index (χ4n) is 2.34. The average Bonchev–Trinajstić information content (AvgIpc) is 2.28. The van der Waals surface area contributed by atoms with Gasteiger partial charge in [-0.1, -0.05) is 6.92 Å². The number of aliphatic carboxylic acids is 1. The highest BCUT2D eigenvalue weighted by molar-refractivity contribution is 5.76. The quantitative estimate of drug-likeness (QED) is 0.571. The number of carboxylic acids is 1. The Morgan fingerprint density at radius 1 is 1.56 bits per heavy atom. The number of carboxylic acid groups (broad SMARTS) is 1. The van der Waals surface area contributed by atoms with E-state index >= 15 is 0 Å². The number of carbonyl (C=O) groups excluding carboxylic acids is 1. The van der Waals surface area contributed by atoms with E-state index in [0.717, 1.165) is 25.9 Å². The first-order chi connectivity index (χ1) is 8.49. The number of piperidine rings is 1. The molecule has 18 heavy (non-hydrogen) atoms. The van der Waals surface area contributed by atoms with Crippen LogP contribution in [0.4, 0.5) is 0 Å². The molecule has 1 saturated heterocycles. The van der Waals surface area contributed by atoms with Crippen molar-refractivity contribution in [2.45, 2.75) is 19.8 Å². The molecular weight excluding hydrogens is 234 g/mol. The predicted octanol–water partition coefficient (Wildman–Crippen LogP) is -0.506. The molecule has 2 atom stereocenters. The fraction of sp³-hybridized carbons (Fsp3) is 0.833. The van der Waals surface area contributed by atoms with Crippen molar-refractivity contribution < 1.29 is 14.7 Å². The number of nitrogens with two attached hydrogens (primary N) is 1. The van der Waals surface area contributed by atoms with Gasteiger partial charge in [-0.2, -0.15) is 0 Å². The maximum absolute atomic E-state index is 11.0. The molecule has 1 heterocycles. The third kappa shape index (κ3) is 5.46. The van der Waals surface area contributed by atoms with Crippen LogP contribution in [0.1, 0.15) is 19.8 Å². The van der Waals surface area contributed by atoms with E-state index in [1.54, 1.807) is 0 Å². The molecule has 0 radical (unpaired) electrons. The fourth-order valence-corrected chi connectivity index (χ4v) is 2.34. The molecule has 6 nitrogen and oxygen atoms in total. The van der Waals surface area contributed by atoms with Crippen LogP contribution >= 0.6 is 0 Å². The van der Waals surface area contributed by atoms with Crippen molar-refractivity contribution in [1.82, 2.24) is 10.2 Å². The van der Waals surface area contributed by atoms with Crippen molar-refractivity contribution in [3.8, 4) is 0 Å². The summed E-state index contributed by atoms with van der Waals surface area (Å²) in [6.07, 6.45) is 2.19. The van der Waals surface area contributed by atoms with Crippen LogP contribution in [0.2, 0.25) is 0 Å². The van der Waals surface area contributed by atoms with E-state index < -0.39 is 5.97 Å². The van der Waals surface area contributed by atoms with Crippen molar-refractivity contribution in [2.75, 3.05) is 32.7 Å². The van der Waals surface area contributed by atoms with Crippen LogP contribution in [0.3, 0.4) is 0 Å². The van der Waals surface area contributed by atoms with E-state index in [4.69, 9.17) is 10.8 Å². The van der Waals surface area contributed by atoms with Gasteiger partial charge in [-0.25, -0.2) is 0 Å². The van der Waals surface area contributed by atoms with E-state index in [0.29, 0.717) is 19.0 Å². The molecule has 0 bridgehead atoms. The lowest BCUT2D eigenvalue weighted by atomic mass is 9.97. The second-order valence-electron chi connectivity index (χ2n) is 5.10. The second kappa shape index (κ2) is 7.33. The number of likely N-dealkylation sites (tertiary alicyclic amines) is 1. The largest absolute Gasteiger partial charge is 0.480 e. The SMILES string of the molecule is CC(CN1CCCC(CNCC(=O)O)C1)C(N)=O. The van der Waals surface area contributed by atoms with Crippen molar-refractivity contribution in [3.05, 3.63) is 0 Å². The highest BCUT2D eigenvalue weighted by Crippen LogP contribution is 2.16. The van der Waals surface area contributed by atoms with Gasteiger partial charge in [0, 0.05) is 19.0 Å². The Kier molecular flexibility index (Phi) is 6.07. The smallest absolute Gasteiger partial charge is 0.317 e. The second-order valence-corrected chi connectivity index (χ2v) is 5.10.